The standard InChI is InChI=1S/C15H16N2O2/c1-19-14-6-2-4-12(8-14)9-15(18)17-11-13-5-3-7-16-10-13/h2-8,10H,9,11H2,1H3,(H,17,18). The number of aromatic nitrogens is 1. The summed E-state index contributed by atoms with van der Waals surface area (Å²) in [6, 6.07) is 11.3. The number of rotatable bonds is 5. The van der Waals surface area contributed by atoms with E-state index in [1.54, 1.807) is 19.5 Å². The van der Waals surface area contributed by atoms with Crippen LogP contribution in [0.25, 0.3) is 0 Å². The summed E-state index contributed by atoms with van der Waals surface area (Å²) in [6.07, 6.45) is 3.80. The summed E-state index contributed by atoms with van der Waals surface area (Å²) >= 11 is 0. The van der Waals surface area contributed by atoms with Crippen LogP contribution in [0.15, 0.2) is 48.8 Å². The number of methoxy groups -OCH3 is 1. The predicted octanol–water partition coefficient (Wildman–Crippen LogP) is 1.95. The molecule has 1 N–H and O–H groups in total. The monoisotopic (exact) mass is 256 g/mol. The maximum atomic E-state index is 11.8. The van der Waals surface area contributed by atoms with Crippen molar-refractivity contribution in [2.45, 2.75) is 13.0 Å². The van der Waals surface area contributed by atoms with Gasteiger partial charge in [-0.05, 0) is 29.3 Å². The lowest BCUT2D eigenvalue weighted by molar-refractivity contribution is -0.120. The third-order valence-electron chi connectivity index (χ3n) is 2.71. The van der Waals surface area contributed by atoms with Crippen LogP contribution in [0.3, 0.4) is 0 Å². The molecule has 2 rings (SSSR count). The van der Waals surface area contributed by atoms with Gasteiger partial charge in [0, 0.05) is 18.9 Å². The molecule has 2 aromatic rings. The number of pyridine rings is 1. The van der Waals surface area contributed by atoms with Gasteiger partial charge in [-0.2, -0.15) is 0 Å². The number of benzene rings is 1. The highest BCUT2D eigenvalue weighted by Crippen LogP contribution is 2.12. The lowest BCUT2D eigenvalue weighted by atomic mass is 10.1. The Labute approximate surface area is 112 Å². The Kier molecular flexibility index (Phi) is 4.50. The molecule has 0 aliphatic carbocycles. The summed E-state index contributed by atoms with van der Waals surface area (Å²) in [5.41, 5.74) is 1.92. The van der Waals surface area contributed by atoms with E-state index >= 15 is 0 Å². The molecule has 0 aliphatic heterocycles. The predicted molar refractivity (Wildman–Crippen MR) is 72.8 cm³/mol. The van der Waals surface area contributed by atoms with Crippen molar-refractivity contribution in [1.82, 2.24) is 10.3 Å². The van der Waals surface area contributed by atoms with Crippen LogP contribution < -0.4 is 10.1 Å². The molecular formula is C15H16N2O2. The van der Waals surface area contributed by atoms with E-state index in [2.05, 4.69) is 10.3 Å². The zero-order chi connectivity index (χ0) is 13.5. The molecular weight excluding hydrogens is 240 g/mol. The van der Waals surface area contributed by atoms with Crippen LogP contribution in [0, 0.1) is 0 Å². The van der Waals surface area contributed by atoms with Gasteiger partial charge in [0.15, 0.2) is 0 Å². The number of carbonyl (C=O) groups excluding carboxylic acids is 1. The molecule has 98 valence electrons. The quantitative estimate of drug-likeness (QED) is 0.889. The number of amides is 1. The summed E-state index contributed by atoms with van der Waals surface area (Å²) in [7, 11) is 1.61. The molecule has 0 radical (unpaired) electrons. The molecule has 19 heavy (non-hydrogen) atoms. The summed E-state index contributed by atoms with van der Waals surface area (Å²) in [5.74, 6) is 0.745. The van der Waals surface area contributed by atoms with E-state index in [0.717, 1.165) is 16.9 Å². The smallest absolute Gasteiger partial charge is 0.224 e. The Morgan fingerprint density at radius 2 is 2.11 bits per heavy atom. The Bertz CT molecular complexity index is 541. The fourth-order valence-corrected chi connectivity index (χ4v) is 1.73. The largest absolute Gasteiger partial charge is 0.497 e. The second-order valence-corrected chi connectivity index (χ2v) is 4.17. The van der Waals surface area contributed by atoms with Crippen molar-refractivity contribution in [3.8, 4) is 5.75 Å². The van der Waals surface area contributed by atoms with Crippen LogP contribution in [0.1, 0.15) is 11.1 Å². The van der Waals surface area contributed by atoms with E-state index in [4.69, 9.17) is 4.74 Å². The summed E-state index contributed by atoms with van der Waals surface area (Å²) < 4.78 is 5.13. The summed E-state index contributed by atoms with van der Waals surface area (Å²) in [4.78, 5) is 15.8. The summed E-state index contributed by atoms with van der Waals surface area (Å²) in [5, 5.41) is 2.87. The molecule has 0 atom stereocenters. The van der Waals surface area contributed by atoms with Gasteiger partial charge in [-0.3, -0.25) is 9.78 Å². The highest BCUT2D eigenvalue weighted by molar-refractivity contribution is 5.78. The molecule has 0 bridgehead atoms. The van der Waals surface area contributed by atoms with Crippen molar-refractivity contribution >= 4 is 5.91 Å². The molecule has 0 aliphatic rings. The topological polar surface area (TPSA) is 51.2 Å². The molecule has 1 aromatic heterocycles. The average molecular weight is 256 g/mol. The minimum Gasteiger partial charge on any atom is -0.497 e. The number of hydrogen-bond acceptors (Lipinski definition) is 3. The van der Waals surface area contributed by atoms with Crippen molar-refractivity contribution in [1.29, 1.82) is 0 Å². The number of carbonyl (C=O) groups is 1. The number of nitrogens with zero attached hydrogens (tertiary/aromatic N) is 1. The van der Waals surface area contributed by atoms with Crippen LogP contribution in [0.4, 0.5) is 0 Å². The molecule has 0 saturated heterocycles. The van der Waals surface area contributed by atoms with Gasteiger partial charge >= 0.3 is 0 Å². The lowest BCUT2D eigenvalue weighted by Crippen LogP contribution is -2.24. The van der Waals surface area contributed by atoms with E-state index in [0.29, 0.717) is 13.0 Å². The Hall–Kier alpha value is -2.36. The molecule has 4 nitrogen and oxygen atoms in total. The van der Waals surface area contributed by atoms with Gasteiger partial charge in [0.2, 0.25) is 5.91 Å². The maximum absolute atomic E-state index is 11.8. The fourth-order valence-electron chi connectivity index (χ4n) is 1.73. The summed E-state index contributed by atoms with van der Waals surface area (Å²) in [6.45, 7) is 0.497. The van der Waals surface area contributed by atoms with E-state index in [-0.39, 0.29) is 5.91 Å². The number of hydrogen-bond donors (Lipinski definition) is 1. The Morgan fingerprint density at radius 1 is 1.26 bits per heavy atom. The van der Waals surface area contributed by atoms with E-state index in [1.165, 1.54) is 0 Å². The van der Waals surface area contributed by atoms with Crippen molar-refractivity contribution in [3.05, 3.63) is 59.9 Å². The van der Waals surface area contributed by atoms with Gasteiger partial charge in [-0.1, -0.05) is 18.2 Å². The maximum Gasteiger partial charge on any atom is 0.224 e. The third kappa shape index (κ3) is 4.10. The molecule has 1 heterocycles. The molecule has 0 spiro atoms. The molecule has 1 amide bonds. The average Bonchev–Trinajstić information content (AvgIpc) is 2.46. The minimum atomic E-state index is -0.0166. The Morgan fingerprint density at radius 3 is 2.84 bits per heavy atom. The molecule has 1 aromatic carbocycles. The zero-order valence-electron chi connectivity index (χ0n) is 10.8. The normalized spacial score (nSPS) is 9.95. The van der Waals surface area contributed by atoms with Crippen LogP contribution in [-0.4, -0.2) is 18.0 Å². The minimum absolute atomic E-state index is 0.0166. The van der Waals surface area contributed by atoms with E-state index in [9.17, 15) is 4.79 Å². The van der Waals surface area contributed by atoms with Crippen LogP contribution in [-0.2, 0) is 17.8 Å². The molecule has 4 heteroatoms. The first-order valence-corrected chi connectivity index (χ1v) is 6.06. The van der Waals surface area contributed by atoms with Gasteiger partial charge in [-0.15, -0.1) is 0 Å². The molecule has 0 unspecified atom stereocenters. The highest BCUT2D eigenvalue weighted by Gasteiger charge is 2.04. The fraction of sp³-hybridized carbons (Fsp3) is 0.200. The first-order valence-electron chi connectivity index (χ1n) is 6.06. The third-order valence-corrected chi connectivity index (χ3v) is 2.71. The lowest BCUT2D eigenvalue weighted by Gasteiger charge is -2.06. The molecule has 0 fully saturated rings. The van der Waals surface area contributed by atoms with Gasteiger partial charge in [0.25, 0.3) is 0 Å². The van der Waals surface area contributed by atoms with Gasteiger partial charge in [0.1, 0.15) is 5.75 Å². The Balaban J connectivity index is 1.87. The zero-order valence-corrected chi connectivity index (χ0v) is 10.8. The van der Waals surface area contributed by atoms with Crippen LogP contribution >= 0.6 is 0 Å². The van der Waals surface area contributed by atoms with Gasteiger partial charge in [0.05, 0.1) is 13.5 Å². The van der Waals surface area contributed by atoms with Crippen molar-refractivity contribution in [2.75, 3.05) is 7.11 Å². The number of nitrogens with one attached hydrogen (secondary N) is 1. The van der Waals surface area contributed by atoms with Crippen molar-refractivity contribution in [3.63, 3.8) is 0 Å². The molecule has 0 saturated carbocycles. The van der Waals surface area contributed by atoms with Gasteiger partial charge < -0.3 is 10.1 Å². The van der Waals surface area contributed by atoms with Crippen molar-refractivity contribution < 1.29 is 9.53 Å². The van der Waals surface area contributed by atoms with Crippen LogP contribution in [0.5, 0.6) is 5.75 Å². The number of ether oxygens (including phenoxy) is 1. The van der Waals surface area contributed by atoms with Gasteiger partial charge in [-0.25, -0.2) is 0 Å². The van der Waals surface area contributed by atoms with E-state index < -0.39 is 0 Å². The first-order chi connectivity index (χ1) is 9.28. The first kappa shape index (κ1) is 13.1. The van der Waals surface area contributed by atoms with Crippen molar-refractivity contribution in [2.24, 2.45) is 0 Å². The second kappa shape index (κ2) is 6.54. The highest BCUT2D eigenvalue weighted by atomic mass is 16.5. The SMILES string of the molecule is COc1cccc(CC(=O)NCc2cccnc2)c1. The van der Waals surface area contributed by atoms with Crippen LogP contribution in [0.2, 0.25) is 0 Å². The van der Waals surface area contributed by atoms with E-state index in [1.807, 2.05) is 36.4 Å². The second-order valence-electron chi connectivity index (χ2n) is 4.17.